The Bertz CT molecular complexity index is 1910. The van der Waals surface area contributed by atoms with Crippen LogP contribution in [0, 0.1) is 17.7 Å². The van der Waals surface area contributed by atoms with Crippen LogP contribution in [0.4, 0.5) is 0 Å². The normalized spacial score (nSPS) is 10.7. The SMILES string of the molecule is COc1cccc2c(C)cc(=O)[nH]c12.N=C(N)c1ccc(OCCCCCOc2ccc(C(=N)N)cc2)cc1.O=S(=O)(O)CCO.O=S(=O)(O)CCO. The first-order valence-corrected chi connectivity index (χ1v) is 19.1. The van der Waals surface area contributed by atoms with Crippen LogP contribution in [0.25, 0.3) is 10.9 Å². The molecule has 3 aromatic carbocycles. The molecule has 0 unspecified atom stereocenters. The first kappa shape index (κ1) is 46.0. The molecule has 0 aliphatic heterocycles. The maximum absolute atomic E-state index is 11.3. The number of aromatic nitrogens is 1. The number of hydrogen-bond acceptors (Lipinski definition) is 12. The Morgan fingerprint density at radius 3 is 1.51 bits per heavy atom. The summed E-state index contributed by atoms with van der Waals surface area (Å²) >= 11 is 0. The third-order valence-electron chi connectivity index (χ3n) is 6.62. The van der Waals surface area contributed by atoms with E-state index in [1.54, 1.807) is 37.4 Å². The number of H-pyrrole nitrogens is 1. The molecule has 11 N–H and O–H groups in total. The van der Waals surface area contributed by atoms with E-state index >= 15 is 0 Å². The monoisotopic (exact) mass is 781 g/mol. The molecule has 1 heterocycles. The summed E-state index contributed by atoms with van der Waals surface area (Å²) in [5, 5.41) is 31.4. The topological polar surface area (TPSA) is 309 Å². The highest BCUT2D eigenvalue weighted by Crippen LogP contribution is 2.23. The molecule has 0 aliphatic rings. The predicted molar refractivity (Wildman–Crippen MR) is 203 cm³/mol. The molecule has 0 spiro atoms. The first-order valence-electron chi connectivity index (χ1n) is 15.8. The third-order valence-corrected chi connectivity index (χ3v) is 8.02. The minimum atomic E-state index is -3.92. The molecule has 53 heavy (non-hydrogen) atoms. The van der Waals surface area contributed by atoms with Crippen molar-refractivity contribution >= 4 is 42.8 Å². The van der Waals surface area contributed by atoms with Gasteiger partial charge in [0.15, 0.2) is 0 Å². The van der Waals surface area contributed by atoms with Crippen LogP contribution in [0.5, 0.6) is 17.2 Å². The largest absolute Gasteiger partial charge is 0.495 e. The second kappa shape index (κ2) is 23.5. The number of para-hydroxylation sites is 1. The van der Waals surface area contributed by atoms with Gasteiger partial charge in [-0.25, -0.2) is 0 Å². The lowest BCUT2D eigenvalue weighted by atomic mass is 10.1. The Morgan fingerprint density at radius 1 is 0.736 bits per heavy atom. The molecular formula is C34H47N5O12S2. The number of benzene rings is 3. The predicted octanol–water partition coefficient (Wildman–Crippen LogP) is 2.46. The van der Waals surface area contributed by atoms with Crippen molar-refractivity contribution in [2.24, 2.45) is 11.5 Å². The fourth-order valence-corrected chi connectivity index (χ4v) is 4.51. The average Bonchev–Trinajstić information content (AvgIpc) is 3.08. The van der Waals surface area contributed by atoms with Crippen molar-refractivity contribution < 1.29 is 50.4 Å². The summed E-state index contributed by atoms with van der Waals surface area (Å²) in [4.78, 5) is 14.0. The van der Waals surface area contributed by atoms with Crippen LogP contribution in [0.15, 0.2) is 77.6 Å². The van der Waals surface area contributed by atoms with E-state index in [1.807, 2.05) is 49.4 Å². The highest BCUT2D eigenvalue weighted by molar-refractivity contribution is 7.86. The van der Waals surface area contributed by atoms with Gasteiger partial charge in [-0.05, 0) is 86.3 Å². The average molecular weight is 782 g/mol. The van der Waals surface area contributed by atoms with Crippen molar-refractivity contribution in [2.75, 3.05) is 45.0 Å². The lowest BCUT2D eigenvalue weighted by Crippen LogP contribution is -2.10. The van der Waals surface area contributed by atoms with Crippen LogP contribution >= 0.6 is 0 Å². The van der Waals surface area contributed by atoms with E-state index in [4.69, 9.17) is 55.8 Å². The Morgan fingerprint density at radius 2 is 1.17 bits per heavy atom. The van der Waals surface area contributed by atoms with Gasteiger partial charge >= 0.3 is 0 Å². The molecule has 4 rings (SSSR count). The molecule has 4 aromatic rings. The summed E-state index contributed by atoms with van der Waals surface area (Å²) < 4.78 is 70.6. The number of amidine groups is 2. The number of aliphatic hydroxyl groups excluding tert-OH is 2. The molecule has 0 saturated carbocycles. The van der Waals surface area contributed by atoms with E-state index in [0.717, 1.165) is 47.2 Å². The van der Waals surface area contributed by atoms with Gasteiger partial charge in [0.25, 0.3) is 20.2 Å². The van der Waals surface area contributed by atoms with Crippen LogP contribution in [0.3, 0.4) is 0 Å². The summed E-state index contributed by atoms with van der Waals surface area (Å²) in [6.07, 6.45) is 2.90. The highest BCUT2D eigenvalue weighted by Gasteiger charge is 2.04. The number of nitrogens with two attached hydrogens (primary N) is 2. The molecule has 17 nitrogen and oxygen atoms in total. The zero-order valence-electron chi connectivity index (χ0n) is 29.3. The van der Waals surface area contributed by atoms with Crippen LogP contribution in [-0.2, 0) is 20.2 Å². The third kappa shape index (κ3) is 20.0. The summed E-state index contributed by atoms with van der Waals surface area (Å²) in [5.41, 5.74) is 13.8. The number of hydrogen-bond donors (Lipinski definition) is 9. The maximum atomic E-state index is 11.3. The summed E-state index contributed by atoms with van der Waals surface area (Å²) in [6.45, 7) is 2.15. The van der Waals surface area contributed by atoms with Gasteiger partial charge in [-0.2, -0.15) is 16.8 Å². The number of ether oxygens (including phenoxy) is 3. The van der Waals surface area contributed by atoms with Crippen molar-refractivity contribution in [3.63, 3.8) is 0 Å². The number of aliphatic hydroxyl groups is 2. The van der Waals surface area contributed by atoms with Crippen molar-refractivity contribution in [1.29, 1.82) is 10.8 Å². The van der Waals surface area contributed by atoms with Crippen molar-refractivity contribution in [1.82, 2.24) is 4.98 Å². The zero-order chi connectivity index (χ0) is 40.0. The van der Waals surface area contributed by atoms with E-state index in [2.05, 4.69) is 4.98 Å². The standard InChI is InChI=1S/C19H24N4O2.C11H11NO2.2C2H6O4S/c20-18(21)14-4-8-16(9-5-14)24-12-2-1-3-13-25-17-10-6-15(7-11-17)19(22)23;1-7-6-10(13)12-11-8(7)4-3-5-9(11)14-2;2*3-1-2-7(4,5)6/h4-11H,1-3,12-13H2,(H3,20,21)(H3,22,23);3-6H,1-2H3,(H,12,13);2*3H,1-2H2,(H,4,5,6). The molecule has 0 atom stereocenters. The van der Waals surface area contributed by atoms with Crippen molar-refractivity contribution in [3.8, 4) is 17.2 Å². The van der Waals surface area contributed by atoms with Crippen LogP contribution in [-0.4, -0.2) is 97.9 Å². The Balaban J connectivity index is 0.000000417. The number of nitrogen functional groups attached to an aromatic ring is 2. The quantitative estimate of drug-likeness (QED) is 0.0362. The van der Waals surface area contributed by atoms with Crippen molar-refractivity contribution in [3.05, 3.63) is 99.8 Å². The smallest absolute Gasteiger partial charge is 0.267 e. The molecule has 1 aromatic heterocycles. The molecule has 0 aliphatic carbocycles. The fourth-order valence-electron chi connectivity index (χ4n) is 4.05. The number of unbranched alkanes of at least 4 members (excludes halogenated alkanes) is 2. The minimum absolute atomic E-state index is 0.0579. The van der Waals surface area contributed by atoms with Gasteiger partial charge in [0.1, 0.15) is 28.9 Å². The number of aromatic amines is 1. The van der Waals surface area contributed by atoms with E-state index in [1.165, 1.54) is 0 Å². The Hall–Kier alpha value is -5.05. The van der Waals surface area contributed by atoms with Crippen molar-refractivity contribution in [2.45, 2.75) is 26.2 Å². The summed E-state index contributed by atoms with van der Waals surface area (Å²) in [6, 6.07) is 21.7. The number of rotatable bonds is 15. The molecule has 0 amide bonds. The van der Waals surface area contributed by atoms with Gasteiger partial charge in [0.2, 0.25) is 5.56 Å². The number of fused-ring (bicyclic) bond motifs is 1. The molecular weight excluding hydrogens is 735 g/mol. The second-order valence-corrected chi connectivity index (χ2v) is 14.0. The molecule has 0 bridgehead atoms. The van der Waals surface area contributed by atoms with Gasteiger partial charge in [0.05, 0.1) is 50.6 Å². The van der Waals surface area contributed by atoms with Crippen LogP contribution < -0.4 is 31.2 Å². The maximum Gasteiger partial charge on any atom is 0.267 e. The zero-order valence-corrected chi connectivity index (χ0v) is 31.0. The molecule has 19 heteroatoms. The summed E-state index contributed by atoms with van der Waals surface area (Å²) in [5.74, 6) is 1.23. The van der Waals surface area contributed by atoms with Gasteiger partial charge in [-0.15, -0.1) is 0 Å². The second-order valence-electron chi connectivity index (χ2n) is 10.9. The summed E-state index contributed by atoms with van der Waals surface area (Å²) in [7, 11) is -6.26. The number of pyridine rings is 1. The van der Waals surface area contributed by atoms with Gasteiger partial charge in [-0.1, -0.05) is 12.1 Å². The molecule has 0 fully saturated rings. The van der Waals surface area contributed by atoms with E-state index < -0.39 is 45.0 Å². The van der Waals surface area contributed by atoms with Crippen LogP contribution in [0.2, 0.25) is 0 Å². The molecule has 292 valence electrons. The van der Waals surface area contributed by atoms with E-state index in [9.17, 15) is 21.6 Å². The minimum Gasteiger partial charge on any atom is -0.495 e. The highest BCUT2D eigenvalue weighted by atomic mass is 32.2. The Kier molecular flexibility index (Phi) is 20.4. The Labute approximate surface area is 308 Å². The van der Waals surface area contributed by atoms with E-state index in [-0.39, 0.29) is 17.2 Å². The van der Waals surface area contributed by atoms with Gasteiger partial charge in [-0.3, -0.25) is 24.7 Å². The van der Waals surface area contributed by atoms with Gasteiger partial charge < -0.3 is 40.9 Å². The molecule has 0 radical (unpaired) electrons. The number of aryl methyl sites for hydroxylation is 1. The van der Waals surface area contributed by atoms with Gasteiger partial charge in [0, 0.05) is 22.6 Å². The number of methoxy groups -OCH3 is 1. The lowest BCUT2D eigenvalue weighted by Gasteiger charge is -2.08. The van der Waals surface area contributed by atoms with Crippen LogP contribution in [0.1, 0.15) is 36.0 Å². The fraction of sp³-hybridized carbons (Fsp3) is 0.324. The van der Waals surface area contributed by atoms with E-state index in [0.29, 0.717) is 30.1 Å². The first-order chi connectivity index (χ1) is 24.9. The lowest BCUT2D eigenvalue weighted by molar-refractivity contribution is 0.279. The molecule has 0 saturated heterocycles. The number of nitrogens with one attached hydrogen (secondary N) is 3.